The van der Waals surface area contributed by atoms with E-state index >= 15 is 0 Å². The van der Waals surface area contributed by atoms with E-state index in [9.17, 15) is 0 Å². The van der Waals surface area contributed by atoms with Crippen LogP contribution < -0.4 is 10.2 Å². The summed E-state index contributed by atoms with van der Waals surface area (Å²) in [6.07, 6.45) is 7.25. The molecule has 2 heterocycles. The molecule has 0 saturated heterocycles. The molecule has 0 bridgehead atoms. The van der Waals surface area contributed by atoms with Crippen LogP contribution in [0.2, 0.25) is 5.02 Å². The SMILES string of the molecule is CC(C)(C)NCc1cc(N2CC=CCC2)ncc1Cl. The molecule has 4 heteroatoms. The molecule has 1 N–H and O–H groups in total. The first kappa shape index (κ1) is 14.4. The van der Waals surface area contributed by atoms with Gasteiger partial charge in [-0.3, -0.25) is 0 Å². The molecule has 3 nitrogen and oxygen atoms in total. The van der Waals surface area contributed by atoms with Crippen molar-refractivity contribution in [2.24, 2.45) is 0 Å². The van der Waals surface area contributed by atoms with Gasteiger partial charge in [0.25, 0.3) is 0 Å². The van der Waals surface area contributed by atoms with E-state index in [1.54, 1.807) is 6.20 Å². The van der Waals surface area contributed by atoms with Gasteiger partial charge in [0.2, 0.25) is 0 Å². The van der Waals surface area contributed by atoms with E-state index in [2.05, 4.69) is 54.2 Å². The molecule has 19 heavy (non-hydrogen) atoms. The van der Waals surface area contributed by atoms with E-state index in [0.29, 0.717) is 0 Å². The zero-order chi connectivity index (χ0) is 13.9. The molecule has 0 aliphatic carbocycles. The first-order chi connectivity index (χ1) is 8.96. The molecule has 1 aliphatic rings. The number of nitrogens with zero attached hydrogens (tertiary/aromatic N) is 2. The van der Waals surface area contributed by atoms with Crippen molar-refractivity contribution in [2.75, 3.05) is 18.0 Å². The Morgan fingerprint density at radius 1 is 1.37 bits per heavy atom. The molecule has 1 aromatic rings. The lowest BCUT2D eigenvalue weighted by Crippen LogP contribution is -2.35. The van der Waals surface area contributed by atoms with E-state index in [1.807, 2.05) is 0 Å². The predicted octanol–water partition coefficient (Wildman–Crippen LogP) is 3.39. The maximum atomic E-state index is 6.23. The quantitative estimate of drug-likeness (QED) is 0.860. The molecule has 0 unspecified atom stereocenters. The summed E-state index contributed by atoms with van der Waals surface area (Å²) in [7, 11) is 0. The molecular weight excluding hydrogens is 258 g/mol. The minimum absolute atomic E-state index is 0.0840. The van der Waals surface area contributed by atoms with Gasteiger partial charge in [0.1, 0.15) is 5.82 Å². The van der Waals surface area contributed by atoms with E-state index in [-0.39, 0.29) is 5.54 Å². The lowest BCUT2D eigenvalue weighted by molar-refractivity contribution is 0.424. The van der Waals surface area contributed by atoms with Crippen molar-refractivity contribution in [3.63, 3.8) is 0 Å². The Labute approximate surface area is 120 Å². The van der Waals surface area contributed by atoms with Crippen molar-refractivity contribution in [3.05, 3.63) is 35.0 Å². The molecule has 1 aromatic heterocycles. The number of pyridine rings is 1. The minimum atomic E-state index is 0.0840. The highest BCUT2D eigenvalue weighted by Crippen LogP contribution is 2.22. The van der Waals surface area contributed by atoms with Gasteiger partial charge in [0.15, 0.2) is 0 Å². The van der Waals surface area contributed by atoms with Crippen LogP contribution in [0.3, 0.4) is 0 Å². The van der Waals surface area contributed by atoms with Crippen molar-refractivity contribution in [1.82, 2.24) is 10.3 Å². The highest BCUT2D eigenvalue weighted by atomic mass is 35.5. The number of anilines is 1. The number of hydrogen-bond acceptors (Lipinski definition) is 3. The zero-order valence-electron chi connectivity index (χ0n) is 11.9. The topological polar surface area (TPSA) is 28.2 Å². The fourth-order valence-electron chi connectivity index (χ4n) is 1.99. The van der Waals surface area contributed by atoms with Crippen LogP contribution in [0.1, 0.15) is 32.8 Å². The minimum Gasteiger partial charge on any atom is -0.353 e. The van der Waals surface area contributed by atoms with Gasteiger partial charge in [-0.2, -0.15) is 0 Å². The smallest absolute Gasteiger partial charge is 0.129 e. The molecule has 104 valence electrons. The third kappa shape index (κ3) is 4.22. The average Bonchev–Trinajstić information content (AvgIpc) is 2.38. The first-order valence-corrected chi connectivity index (χ1v) is 7.13. The fourth-order valence-corrected chi connectivity index (χ4v) is 2.16. The summed E-state index contributed by atoms with van der Waals surface area (Å²) in [5, 5.41) is 4.19. The van der Waals surface area contributed by atoms with Gasteiger partial charge >= 0.3 is 0 Å². The monoisotopic (exact) mass is 279 g/mol. The lowest BCUT2D eigenvalue weighted by Gasteiger charge is -2.26. The van der Waals surface area contributed by atoms with Gasteiger partial charge in [-0.1, -0.05) is 23.8 Å². The van der Waals surface area contributed by atoms with Crippen molar-refractivity contribution in [3.8, 4) is 0 Å². The van der Waals surface area contributed by atoms with Crippen LogP contribution in [0.15, 0.2) is 24.4 Å². The zero-order valence-corrected chi connectivity index (χ0v) is 12.7. The maximum Gasteiger partial charge on any atom is 0.129 e. The van der Waals surface area contributed by atoms with Gasteiger partial charge in [0, 0.05) is 31.4 Å². The summed E-state index contributed by atoms with van der Waals surface area (Å²) in [4.78, 5) is 6.71. The molecule has 0 fully saturated rings. The van der Waals surface area contributed by atoms with Gasteiger partial charge in [-0.15, -0.1) is 0 Å². The molecule has 0 aromatic carbocycles. The van der Waals surface area contributed by atoms with E-state index in [4.69, 9.17) is 11.6 Å². The molecule has 0 spiro atoms. The second-order valence-corrected chi connectivity index (χ2v) is 6.35. The molecule has 0 saturated carbocycles. The normalized spacial score (nSPS) is 15.9. The summed E-state index contributed by atoms with van der Waals surface area (Å²) >= 11 is 6.23. The summed E-state index contributed by atoms with van der Waals surface area (Å²) in [6, 6.07) is 2.10. The van der Waals surface area contributed by atoms with Crippen LogP contribution in [0, 0.1) is 0 Å². The van der Waals surface area contributed by atoms with Gasteiger partial charge < -0.3 is 10.2 Å². The molecule has 0 radical (unpaired) electrons. The van der Waals surface area contributed by atoms with Crippen molar-refractivity contribution >= 4 is 17.4 Å². The number of hydrogen-bond donors (Lipinski definition) is 1. The van der Waals surface area contributed by atoms with Crippen LogP contribution in [-0.2, 0) is 6.54 Å². The maximum absolute atomic E-state index is 6.23. The first-order valence-electron chi connectivity index (χ1n) is 6.75. The highest BCUT2D eigenvalue weighted by molar-refractivity contribution is 6.31. The van der Waals surface area contributed by atoms with Crippen LogP contribution in [0.5, 0.6) is 0 Å². The van der Waals surface area contributed by atoms with Crippen LogP contribution in [0.25, 0.3) is 0 Å². The molecule has 2 rings (SSSR count). The summed E-state index contributed by atoms with van der Waals surface area (Å²) in [6.45, 7) is 9.18. The van der Waals surface area contributed by atoms with E-state index in [0.717, 1.165) is 42.5 Å². The van der Waals surface area contributed by atoms with Crippen LogP contribution >= 0.6 is 11.6 Å². The Balaban J connectivity index is 2.12. The Morgan fingerprint density at radius 2 is 2.16 bits per heavy atom. The predicted molar refractivity (Wildman–Crippen MR) is 81.8 cm³/mol. The molecule has 0 atom stereocenters. The largest absolute Gasteiger partial charge is 0.353 e. The Bertz CT molecular complexity index is 463. The molecule has 0 amide bonds. The van der Waals surface area contributed by atoms with Crippen LogP contribution in [-0.4, -0.2) is 23.6 Å². The number of aromatic nitrogens is 1. The molecule has 1 aliphatic heterocycles. The van der Waals surface area contributed by atoms with Crippen LogP contribution in [0.4, 0.5) is 5.82 Å². The summed E-state index contributed by atoms with van der Waals surface area (Å²) in [5.74, 6) is 1.01. The number of halogens is 1. The lowest BCUT2D eigenvalue weighted by atomic mass is 10.1. The Hall–Kier alpha value is -1.06. The fraction of sp³-hybridized carbons (Fsp3) is 0.533. The van der Waals surface area contributed by atoms with E-state index < -0.39 is 0 Å². The summed E-state index contributed by atoms with van der Waals surface area (Å²) < 4.78 is 0. The van der Waals surface area contributed by atoms with Crippen molar-refractivity contribution < 1.29 is 0 Å². The Morgan fingerprint density at radius 3 is 2.79 bits per heavy atom. The number of nitrogens with one attached hydrogen (secondary N) is 1. The Kier molecular flexibility index (Phi) is 4.48. The second-order valence-electron chi connectivity index (χ2n) is 5.94. The standard InChI is InChI=1S/C15H22ClN3/c1-15(2,3)18-10-12-9-14(17-11-13(12)16)19-7-5-4-6-8-19/h4-5,9,11,18H,6-8,10H2,1-3H3. The third-order valence-corrected chi connectivity index (χ3v) is 3.45. The van der Waals surface area contributed by atoms with Gasteiger partial charge in [0.05, 0.1) is 5.02 Å². The molecular formula is C15H22ClN3. The highest BCUT2D eigenvalue weighted by Gasteiger charge is 2.13. The van der Waals surface area contributed by atoms with Gasteiger partial charge in [-0.25, -0.2) is 4.98 Å². The van der Waals surface area contributed by atoms with Crippen molar-refractivity contribution in [1.29, 1.82) is 0 Å². The van der Waals surface area contributed by atoms with Crippen molar-refractivity contribution in [2.45, 2.75) is 39.3 Å². The summed E-state index contributed by atoms with van der Waals surface area (Å²) in [5.41, 5.74) is 1.19. The average molecular weight is 280 g/mol. The van der Waals surface area contributed by atoms with Gasteiger partial charge in [-0.05, 0) is 38.8 Å². The third-order valence-electron chi connectivity index (χ3n) is 3.11. The second kappa shape index (κ2) is 5.93. The van der Waals surface area contributed by atoms with E-state index in [1.165, 1.54) is 0 Å². The number of rotatable bonds is 3.